The maximum Gasteiger partial charge on any atom is 0.355 e. The largest absolute Gasteiger partial charge is 0.397 e. The van der Waals surface area contributed by atoms with Crippen molar-refractivity contribution in [1.82, 2.24) is 0 Å². The van der Waals surface area contributed by atoms with Gasteiger partial charge in [0.1, 0.15) is 0 Å². The molecule has 0 saturated heterocycles. The zero-order valence-electron chi connectivity index (χ0n) is 8.63. The number of hydrogen-bond acceptors (Lipinski definition) is 2. The summed E-state index contributed by atoms with van der Waals surface area (Å²) in [7, 11) is 1.80. The molecule has 0 bridgehead atoms. The predicted octanol–water partition coefficient (Wildman–Crippen LogP) is 1.02. The summed E-state index contributed by atoms with van der Waals surface area (Å²) in [5, 5.41) is 1.24. The summed E-state index contributed by atoms with van der Waals surface area (Å²) in [6.45, 7) is 4.22. The van der Waals surface area contributed by atoms with E-state index in [1.54, 1.807) is 14.2 Å². The highest BCUT2D eigenvalue weighted by Gasteiger charge is 2.15. The van der Waals surface area contributed by atoms with Gasteiger partial charge < -0.3 is 8.85 Å². The van der Waals surface area contributed by atoms with Gasteiger partial charge in [-0.15, -0.1) is 0 Å². The minimum absolute atomic E-state index is 1.24. The van der Waals surface area contributed by atoms with Crippen LogP contribution in [0, 0.1) is 13.8 Å². The molecule has 1 aromatic carbocycles. The van der Waals surface area contributed by atoms with E-state index < -0.39 is 9.28 Å². The molecule has 3 heteroatoms. The van der Waals surface area contributed by atoms with Crippen molar-refractivity contribution >= 4 is 14.5 Å². The summed E-state index contributed by atoms with van der Waals surface area (Å²) in [5.41, 5.74) is 2.59. The maximum absolute atomic E-state index is 5.34. The maximum atomic E-state index is 5.34. The van der Waals surface area contributed by atoms with Crippen LogP contribution in [0.5, 0.6) is 0 Å². The lowest BCUT2D eigenvalue weighted by Gasteiger charge is -2.14. The van der Waals surface area contributed by atoms with Gasteiger partial charge in [-0.3, -0.25) is 0 Å². The third-order valence-corrected chi connectivity index (χ3v) is 4.32. The number of benzene rings is 1. The summed E-state index contributed by atoms with van der Waals surface area (Å²) in [6, 6.07) is 6.25. The van der Waals surface area contributed by atoms with Crippen molar-refractivity contribution in [1.29, 1.82) is 0 Å². The van der Waals surface area contributed by atoms with E-state index in [0.717, 1.165) is 0 Å². The molecule has 13 heavy (non-hydrogen) atoms. The Morgan fingerprint density at radius 1 is 1.08 bits per heavy atom. The van der Waals surface area contributed by atoms with Crippen LogP contribution in [-0.4, -0.2) is 23.5 Å². The molecule has 2 nitrogen and oxygen atoms in total. The van der Waals surface area contributed by atoms with Gasteiger partial charge in [0.2, 0.25) is 0 Å². The number of hydrogen-bond donors (Lipinski definition) is 0. The first-order valence-corrected chi connectivity index (χ1v) is 5.84. The van der Waals surface area contributed by atoms with Crippen molar-refractivity contribution in [2.75, 3.05) is 14.2 Å². The first kappa shape index (κ1) is 10.4. The van der Waals surface area contributed by atoms with Crippen molar-refractivity contribution in [2.45, 2.75) is 13.8 Å². The summed E-state index contributed by atoms with van der Waals surface area (Å²) < 4.78 is 10.7. The monoisotopic (exact) mass is 196 g/mol. The highest BCUT2D eigenvalue weighted by Crippen LogP contribution is 2.04. The SMILES string of the molecule is CO[SiH](OC)c1cccc(C)c1C. The van der Waals surface area contributed by atoms with Gasteiger partial charge in [0, 0.05) is 14.2 Å². The van der Waals surface area contributed by atoms with Gasteiger partial charge in [0.05, 0.1) is 0 Å². The fourth-order valence-electron chi connectivity index (χ4n) is 1.38. The van der Waals surface area contributed by atoms with E-state index in [1.165, 1.54) is 16.3 Å². The van der Waals surface area contributed by atoms with E-state index in [4.69, 9.17) is 8.85 Å². The van der Waals surface area contributed by atoms with Gasteiger partial charge in [0.15, 0.2) is 0 Å². The second-order valence-corrected chi connectivity index (χ2v) is 5.32. The molecule has 0 aliphatic carbocycles. The molecule has 0 fully saturated rings. The van der Waals surface area contributed by atoms with Gasteiger partial charge >= 0.3 is 9.28 Å². The minimum atomic E-state index is -1.62. The molecule has 1 aromatic rings. The van der Waals surface area contributed by atoms with Crippen LogP contribution < -0.4 is 5.19 Å². The fourth-order valence-corrected chi connectivity index (χ4v) is 2.93. The van der Waals surface area contributed by atoms with Crippen LogP contribution in [0.3, 0.4) is 0 Å². The third-order valence-electron chi connectivity index (χ3n) is 2.33. The van der Waals surface area contributed by atoms with E-state index in [2.05, 4.69) is 32.0 Å². The lowest BCUT2D eigenvalue weighted by atomic mass is 10.1. The summed E-state index contributed by atoms with van der Waals surface area (Å²) >= 11 is 0. The zero-order valence-corrected chi connectivity index (χ0v) is 9.78. The van der Waals surface area contributed by atoms with Crippen LogP contribution in [0.25, 0.3) is 0 Å². The highest BCUT2D eigenvalue weighted by molar-refractivity contribution is 6.61. The predicted molar refractivity (Wildman–Crippen MR) is 56.7 cm³/mol. The number of rotatable bonds is 3. The van der Waals surface area contributed by atoms with Crippen molar-refractivity contribution in [2.24, 2.45) is 0 Å². The molecule has 0 spiro atoms. The first-order chi connectivity index (χ1) is 6.20. The quantitative estimate of drug-likeness (QED) is 0.672. The van der Waals surface area contributed by atoms with Crippen LogP contribution in [0.2, 0.25) is 0 Å². The molecule has 0 N–H and O–H groups in total. The van der Waals surface area contributed by atoms with E-state index in [1.807, 2.05) is 0 Å². The standard InChI is InChI=1S/C10H16O2Si/c1-8-6-5-7-10(9(8)2)13(11-3)12-4/h5-7,13H,1-4H3. The molecule has 0 aliphatic rings. The molecule has 0 saturated carbocycles. The Kier molecular flexibility index (Phi) is 3.66. The molecule has 0 radical (unpaired) electrons. The molecule has 0 aliphatic heterocycles. The Bertz CT molecular complexity index is 282. The average molecular weight is 196 g/mol. The molecular formula is C10H16O2Si. The van der Waals surface area contributed by atoms with Crippen molar-refractivity contribution in [3.05, 3.63) is 29.3 Å². The van der Waals surface area contributed by atoms with Crippen molar-refractivity contribution < 1.29 is 8.85 Å². The third kappa shape index (κ3) is 2.18. The molecule has 0 amide bonds. The smallest absolute Gasteiger partial charge is 0.355 e. The lowest BCUT2D eigenvalue weighted by molar-refractivity contribution is 0.291. The average Bonchev–Trinajstić information content (AvgIpc) is 2.14. The van der Waals surface area contributed by atoms with E-state index in [0.29, 0.717) is 0 Å². The molecule has 0 unspecified atom stereocenters. The number of aryl methyl sites for hydroxylation is 1. The van der Waals surface area contributed by atoms with Gasteiger partial charge in [-0.05, 0) is 30.2 Å². The Balaban J connectivity index is 3.05. The molecule has 72 valence electrons. The summed E-state index contributed by atoms with van der Waals surface area (Å²) in [5.74, 6) is 0. The Hall–Kier alpha value is -0.643. The van der Waals surface area contributed by atoms with Gasteiger partial charge in [-0.25, -0.2) is 0 Å². The molecule has 0 atom stereocenters. The van der Waals surface area contributed by atoms with Crippen molar-refractivity contribution in [3.8, 4) is 0 Å². The van der Waals surface area contributed by atoms with Crippen LogP contribution in [0.1, 0.15) is 11.1 Å². The highest BCUT2D eigenvalue weighted by atomic mass is 28.3. The topological polar surface area (TPSA) is 18.5 Å². The molecular weight excluding hydrogens is 180 g/mol. The van der Waals surface area contributed by atoms with Gasteiger partial charge in [-0.1, -0.05) is 18.2 Å². The summed E-state index contributed by atoms with van der Waals surface area (Å²) in [4.78, 5) is 0. The van der Waals surface area contributed by atoms with Crippen LogP contribution in [0.15, 0.2) is 18.2 Å². The van der Waals surface area contributed by atoms with Crippen LogP contribution in [-0.2, 0) is 8.85 Å². The molecule has 0 aromatic heterocycles. The Morgan fingerprint density at radius 3 is 2.23 bits per heavy atom. The normalized spacial score (nSPS) is 10.8. The van der Waals surface area contributed by atoms with Gasteiger partial charge in [0.25, 0.3) is 0 Å². The van der Waals surface area contributed by atoms with Gasteiger partial charge in [-0.2, -0.15) is 0 Å². The zero-order chi connectivity index (χ0) is 9.84. The fraction of sp³-hybridized carbons (Fsp3) is 0.400. The van der Waals surface area contributed by atoms with Crippen LogP contribution >= 0.6 is 0 Å². The summed E-state index contributed by atoms with van der Waals surface area (Å²) in [6.07, 6.45) is 0. The van der Waals surface area contributed by atoms with Crippen molar-refractivity contribution in [3.63, 3.8) is 0 Å². The Labute approximate surface area is 81.3 Å². The Morgan fingerprint density at radius 2 is 1.69 bits per heavy atom. The molecule has 0 heterocycles. The second kappa shape index (κ2) is 4.55. The van der Waals surface area contributed by atoms with E-state index >= 15 is 0 Å². The van der Waals surface area contributed by atoms with E-state index in [9.17, 15) is 0 Å². The van der Waals surface area contributed by atoms with E-state index in [-0.39, 0.29) is 0 Å². The molecule has 1 rings (SSSR count). The minimum Gasteiger partial charge on any atom is -0.397 e. The lowest BCUT2D eigenvalue weighted by Crippen LogP contribution is -2.36. The van der Waals surface area contributed by atoms with Crippen LogP contribution in [0.4, 0.5) is 0 Å². The first-order valence-electron chi connectivity index (χ1n) is 4.32. The second-order valence-electron chi connectivity index (χ2n) is 3.09.